The molecule has 0 spiro atoms. The monoisotopic (exact) mass is 275 g/mol. The highest BCUT2D eigenvalue weighted by atomic mass is 16.4. The quantitative estimate of drug-likeness (QED) is 0.799. The third-order valence-electron chi connectivity index (χ3n) is 3.18. The molecular formula is C17H25NO2. The van der Waals surface area contributed by atoms with E-state index in [0.29, 0.717) is 12.0 Å². The molecule has 0 aliphatic rings. The van der Waals surface area contributed by atoms with E-state index in [1.165, 1.54) is 11.8 Å². The van der Waals surface area contributed by atoms with Crippen LogP contribution in [0.2, 0.25) is 0 Å². The normalized spacial score (nSPS) is 11.6. The lowest BCUT2D eigenvalue weighted by Crippen LogP contribution is -2.34. The van der Waals surface area contributed by atoms with Gasteiger partial charge >= 0.3 is 5.97 Å². The molecule has 0 aliphatic heterocycles. The van der Waals surface area contributed by atoms with Gasteiger partial charge in [-0.3, -0.25) is 0 Å². The van der Waals surface area contributed by atoms with Crippen molar-refractivity contribution < 1.29 is 9.90 Å². The Kier molecular flexibility index (Phi) is 5.81. The lowest BCUT2D eigenvalue weighted by atomic mass is 10.1. The van der Waals surface area contributed by atoms with E-state index in [4.69, 9.17) is 5.11 Å². The van der Waals surface area contributed by atoms with Crippen LogP contribution >= 0.6 is 0 Å². The molecule has 0 heterocycles. The van der Waals surface area contributed by atoms with E-state index in [1.807, 2.05) is 13.0 Å². The molecule has 0 saturated heterocycles. The van der Waals surface area contributed by atoms with Crippen LogP contribution in [-0.2, 0) is 4.79 Å². The van der Waals surface area contributed by atoms with E-state index >= 15 is 0 Å². The summed E-state index contributed by atoms with van der Waals surface area (Å²) in [6.45, 7) is 11.8. The fourth-order valence-corrected chi connectivity index (χ4v) is 2.19. The van der Waals surface area contributed by atoms with Crippen LogP contribution in [0.3, 0.4) is 0 Å². The van der Waals surface area contributed by atoms with E-state index < -0.39 is 5.97 Å². The van der Waals surface area contributed by atoms with Crippen LogP contribution in [0.5, 0.6) is 0 Å². The van der Waals surface area contributed by atoms with Gasteiger partial charge in [0.1, 0.15) is 0 Å². The minimum absolute atomic E-state index is 0.442. The minimum Gasteiger partial charge on any atom is -0.478 e. The van der Waals surface area contributed by atoms with Crippen molar-refractivity contribution in [1.82, 2.24) is 0 Å². The van der Waals surface area contributed by atoms with Crippen molar-refractivity contribution in [3.63, 3.8) is 0 Å². The van der Waals surface area contributed by atoms with Crippen molar-refractivity contribution >= 4 is 17.7 Å². The molecule has 110 valence electrons. The zero-order chi connectivity index (χ0) is 15.3. The lowest BCUT2D eigenvalue weighted by molar-refractivity contribution is -0.131. The Balaban J connectivity index is 3.02. The molecule has 3 heteroatoms. The van der Waals surface area contributed by atoms with Gasteiger partial charge in [-0.25, -0.2) is 4.79 Å². The maximum Gasteiger partial charge on any atom is 0.328 e. The van der Waals surface area contributed by atoms with Gasteiger partial charge in [0.05, 0.1) is 0 Å². The summed E-state index contributed by atoms with van der Waals surface area (Å²) in [6, 6.07) is 6.62. The number of carboxylic acids is 1. The van der Waals surface area contributed by atoms with Crippen LogP contribution < -0.4 is 4.90 Å². The molecule has 3 nitrogen and oxygen atoms in total. The van der Waals surface area contributed by atoms with Crippen LogP contribution in [0.4, 0.5) is 5.69 Å². The topological polar surface area (TPSA) is 40.5 Å². The Labute approximate surface area is 121 Å². The van der Waals surface area contributed by atoms with E-state index in [1.54, 1.807) is 6.08 Å². The fourth-order valence-electron chi connectivity index (χ4n) is 2.19. The SMILES string of the molecule is Cc1cc(N(CC(C)C)C(C)C)ccc1C=CC(=O)O. The summed E-state index contributed by atoms with van der Waals surface area (Å²) >= 11 is 0. The van der Waals surface area contributed by atoms with Gasteiger partial charge < -0.3 is 10.0 Å². The van der Waals surface area contributed by atoms with Crippen LogP contribution in [0.15, 0.2) is 24.3 Å². The molecule has 0 bridgehead atoms. The number of carboxylic acid groups (broad SMARTS) is 1. The molecule has 20 heavy (non-hydrogen) atoms. The molecule has 0 saturated carbocycles. The third-order valence-corrected chi connectivity index (χ3v) is 3.18. The Morgan fingerprint density at radius 2 is 1.95 bits per heavy atom. The van der Waals surface area contributed by atoms with Gasteiger partial charge in [-0.1, -0.05) is 19.9 Å². The van der Waals surface area contributed by atoms with Crippen molar-refractivity contribution in [1.29, 1.82) is 0 Å². The first-order valence-corrected chi connectivity index (χ1v) is 7.09. The second-order valence-electron chi connectivity index (χ2n) is 5.85. The molecule has 1 rings (SSSR count). The van der Waals surface area contributed by atoms with Crippen molar-refractivity contribution in [2.75, 3.05) is 11.4 Å². The van der Waals surface area contributed by atoms with Gasteiger partial charge in [-0.05, 0) is 56.0 Å². The molecule has 0 radical (unpaired) electrons. The number of nitrogens with zero attached hydrogens (tertiary/aromatic N) is 1. The lowest BCUT2D eigenvalue weighted by Gasteiger charge is -2.31. The first-order valence-electron chi connectivity index (χ1n) is 7.09. The predicted molar refractivity (Wildman–Crippen MR) is 85.2 cm³/mol. The van der Waals surface area contributed by atoms with Gasteiger partial charge in [0.25, 0.3) is 0 Å². The molecular weight excluding hydrogens is 250 g/mol. The zero-order valence-corrected chi connectivity index (χ0v) is 13.1. The van der Waals surface area contributed by atoms with E-state index in [-0.39, 0.29) is 0 Å². The summed E-state index contributed by atoms with van der Waals surface area (Å²) in [5, 5.41) is 8.69. The van der Waals surface area contributed by atoms with Crippen LogP contribution in [0.1, 0.15) is 38.8 Å². The standard InChI is InChI=1S/C17H25NO2/c1-12(2)11-18(13(3)4)16-8-6-15(14(5)10-16)7-9-17(19)20/h6-10,12-13H,11H2,1-5H3,(H,19,20). The number of carbonyl (C=O) groups is 1. The second-order valence-corrected chi connectivity index (χ2v) is 5.85. The average Bonchev–Trinajstić information content (AvgIpc) is 2.33. The van der Waals surface area contributed by atoms with E-state index in [9.17, 15) is 4.79 Å². The maximum atomic E-state index is 10.6. The number of aryl methyl sites for hydroxylation is 1. The molecule has 0 amide bonds. The summed E-state index contributed by atoms with van der Waals surface area (Å²) in [6.07, 6.45) is 2.82. The second kappa shape index (κ2) is 7.13. The van der Waals surface area contributed by atoms with E-state index in [0.717, 1.165) is 17.7 Å². The largest absolute Gasteiger partial charge is 0.478 e. The molecule has 0 aromatic heterocycles. The Morgan fingerprint density at radius 3 is 2.40 bits per heavy atom. The third kappa shape index (κ3) is 4.72. The van der Waals surface area contributed by atoms with Crippen molar-refractivity contribution in [2.45, 2.75) is 40.7 Å². The summed E-state index contributed by atoms with van der Waals surface area (Å²) in [5.74, 6) is -0.318. The molecule has 0 fully saturated rings. The number of hydrogen-bond donors (Lipinski definition) is 1. The fraction of sp³-hybridized carbons (Fsp3) is 0.471. The first kappa shape index (κ1) is 16.3. The number of hydrogen-bond acceptors (Lipinski definition) is 2. The van der Waals surface area contributed by atoms with Crippen molar-refractivity contribution in [3.05, 3.63) is 35.4 Å². The number of anilines is 1. The Bertz CT molecular complexity index is 490. The van der Waals surface area contributed by atoms with Gasteiger partial charge in [0.2, 0.25) is 0 Å². The first-order chi connectivity index (χ1) is 9.31. The minimum atomic E-state index is -0.919. The number of benzene rings is 1. The zero-order valence-electron chi connectivity index (χ0n) is 13.1. The molecule has 1 aromatic rings. The highest BCUT2D eigenvalue weighted by Gasteiger charge is 2.12. The highest BCUT2D eigenvalue weighted by Crippen LogP contribution is 2.23. The number of rotatable bonds is 6. The van der Waals surface area contributed by atoms with Gasteiger partial charge in [0, 0.05) is 24.4 Å². The average molecular weight is 275 g/mol. The van der Waals surface area contributed by atoms with Gasteiger partial charge in [0.15, 0.2) is 0 Å². The Hall–Kier alpha value is -1.77. The Morgan fingerprint density at radius 1 is 1.30 bits per heavy atom. The molecule has 0 atom stereocenters. The van der Waals surface area contributed by atoms with Crippen LogP contribution in [0, 0.1) is 12.8 Å². The van der Waals surface area contributed by atoms with E-state index in [2.05, 4.69) is 44.7 Å². The molecule has 1 N–H and O–H groups in total. The molecule has 0 aliphatic carbocycles. The van der Waals surface area contributed by atoms with Crippen molar-refractivity contribution in [3.8, 4) is 0 Å². The van der Waals surface area contributed by atoms with Crippen LogP contribution in [0.25, 0.3) is 6.08 Å². The van der Waals surface area contributed by atoms with Gasteiger partial charge in [-0.15, -0.1) is 0 Å². The number of aliphatic carboxylic acids is 1. The summed E-state index contributed by atoms with van der Waals surface area (Å²) in [4.78, 5) is 13.0. The molecule has 0 unspecified atom stereocenters. The summed E-state index contributed by atoms with van der Waals surface area (Å²) in [5.41, 5.74) is 3.23. The summed E-state index contributed by atoms with van der Waals surface area (Å²) < 4.78 is 0. The predicted octanol–water partition coefficient (Wildman–Crippen LogP) is 3.96. The van der Waals surface area contributed by atoms with Crippen LogP contribution in [-0.4, -0.2) is 23.7 Å². The smallest absolute Gasteiger partial charge is 0.328 e. The van der Waals surface area contributed by atoms with Crippen molar-refractivity contribution in [2.24, 2.45) is 5.92 Å². The van der Waals surface area contributed by atoms with Gasteiger partial charge in [-0.2, -0.15) is 0 Å². The summed E-state index contributed by atoms with van der Waals surface area (Å²) in [7, 11) is 0. The molecule has 1 aromatic carbocycles. The highest BCUT2D eigenvalue weighted by molar-refractivity contribution is 5.85. The maximum absolute atomic E-state index is 10.6.